The zero-order valence-electron chi connectivity index (χ0n) is 13.7. The summed E-state index contributed by atoms with van der Waals surface area (Å²) in [7, 11) is 0. The van der Waals surface area contributed by atoms with Gasteiger partial charge in [0.25, 0.3) is 0 Å². The molecule has 9 heteroatoms. The van der Waals surface area contributed by atoms with Crippen LogP contribution in [-0.2, 0) is 17.9 Å². The Morgan fingerprint density at radius 2 is 2.00 bits per heavy atom. The van der Waals surface area contributed by atoms with Gasteiger partial charge >= 0.3 is 5.69 Å². The van der Waals surface area contributed by atoms with Crippen molar-refractivity contribution in [2.24, 2.45) is 0 Å². The Labute approximate surface area is 133 Å². The van der Waals surface area contributed by atoms with Crippen LogP contribution in [-0.4, -0.2) is 30.4 Å². The molecule has 124 valence electrons. The van der Waals surface area contributed by atoms with Crippen LogP contribution in [0.1, 0.15) is 30.4 Å². The molecule has 9 nitrogen and oxygen atoms in total. The SMILES string of the molecule is CCn1ncc(NC(=O)CCn2nc(C)c([N+](=O)[O-])c2C)c1C. The molecule has 0 spiro atoms. The van der Waals surface area contributed by atoms with Crippen molar-refractivity contribution in [3.8, 4) is 0 Å². The lowest BCUT2D eigenvalue weighted by Crippen LogP contribution is -2.16. The number of anilines is 1. The van der Waals surface area contributed by atoms with Crippen LogP contribution in [0.2, 0.25) is 0 Å². The molecule has 2 aromatic heterocycles. The first-order chi connectivity index (χ1) is 10.8. The van der Waals surface area contributed by atoms with Gasteiger partial charge in [-0.2, -0.15) is 10.2 Å². The van der Waals surface area contributed by atoms with Crippen LogP contribution in [0.25, 0.3) is 0 Å². The van der Waals surface area contributed by atoms with E-state index in [0.717, 1.165) is 12.2 Å². The summed E-state index contributed by atoms with van der Waals surface area (Å²) < 4.78 is 3.29. The van der Waals surface area contributed by atoms with Crippen molar-refractivity contribution in [1.82, 2.24) is 19.6 Å². The highest BCUT2D eigenvalue weighted by molar-refractivity contribution is 5.91. The van der Waals surface area contributed by atoms with Crippen molar-refractivity contribution >= 4 is 17.3 Å². The van der Waals surface area contributed by atoms with E-state index in [1.165, 1.54) is 4.68 Å². The molecular weight excluding hydrogens is 300 g/mol. The summed E-state index contributed by atoms with van der Waals surface area (Å²) in [5.74, 6) is -0.182. The summed E-state index contributed by atoms with van der Waals surface area (Å²) in [5.41, 5.74) is 2.38. The number of hydrogen-bond donors (Lipinski definition) is 1. The summed E-state index contributed by atoms with van der Waals surface area (Å²) in [6.45, 7) is 8.10. The highest BCUT2D eigenvalue weighted by Gasteiger charge is 2.21. The second-order valence-electron chi connectivity index (χ2n) is 5.26. The molecule has 1 N–H and O–H groups in total. The van der Waals surface area contributed by atoms with Crippen molar-refractivity contribution in [2.45, 2.75) is 47.2 Å². The predicted molar refractivity (Wildman–Crippen MR) is 84.2 cm³/mol. The van der Waals surface area contributed by atoms with Crippen LogP contribution in [0.15, 0.2) is 6.20 Å². The Morgan fingerprint density at radius 3 is 2.52 bits per heavy atom. The third-order valence-electron chi connectivity index (χ3n) is 3.75. The minimum atomic E-state index is -0.448. The van der Waals surface area contributed by atoms with Crippen molar-refractivity contribution in [3.05, 3.63) is 33.4 Å². The standard InChI is InChI=1S/C14H20N6O3/c1-5-18-10(3)12(8-15-18)16-13(21)6-7-19-11(4)14(20(22)23)9(2)17-19/h8H,5-7H2,1-4H3,(H,16,21). The van der Waals surface area contributed by atoms with Gasteiger partial charge in [0.15, 0.2) is 0 Å². The zero-order valence-corrected chi connectivity index (χ0v) is 13.7. The fourth-order valence-corrected chi connectivity index (χ4v) is 2.48. The molecule has 0 radical (unpaired) electrons. The molecule has 0 bridgehead atoms. The summed E-state index contributed by atoms with van der Waals surface area (Å²) in [5, 5.41) is 22.1. The van der Waals surface area contributed by atoms with Gasteiger partial charge in [0.2, 0.25) is 5.91 Å². The van der Waals surface area contributed by atoms with Gasteiger partial charge in [-0.3, -0.25) is 24.3 Å². The lowest BCUT2D eigenvalue weighted by atomic mass is 10.3. The minimum Gasteiger partial charge on any atom is -0.323 e. The Bertz CT molecular complexity index is 746. The van der Waals surface area contributed by atoms with Crippen molar-refractivity contribution in [3.63, 3.8) is 0 Å². The lowest BCUT2D eigenvalue weighted by molar-refractivity contribution is -0.386. The van der Waals surface area contributed by atoms with Crippen LogP contribution in [0.3, 0.4) is 0 Å². The first-order valence-electron chi connectivity index (χ1n) is 7.35. The van der Waals surface area contributed by atoms with E-state index in [0.29, 0.717) is 17.1 Å². The van der Waals surface area contributed by atoms with E-state index < -0.39 is 4.92 Å². The van der Waals surface area contributed by atoms with Crippen molar-refractivity contribution < 1.29 is 9.72 Å². The summed E-state index contributed by atoms with van der Waals surface area (Å²) in [6, 6.07) is 0. The molecule has 2 heterocycles. The molecule has 1 amide bonds. The number of nitrogens with zero attached hydrogens (tertiary/aromatic N) is 5. The third kappa shape index (κ3) is 3.38. The number of aromatic nitrogens is 4. The maximum Gasteiger partial charge on any atom is 0.312 e. The molecule has 0 saturated carbocycles. The number of nitro groups is 1. The molecule has 23 heavy (non-hydrogen) atoms. The van der Waals surface area contributed by atoms with E-state index in [1.54, 1.807) is 24.7 Å². The summed E-state index contributed by atoms with van der Waals surface area (Å²) in [6.07, 6.45) is 1.79. The van der Waals surface area contributed by atoms with Crippen molar-refractivity contribution in [2.75, 3.05) is 5.32 Å². The molecule has 2 rings (SSSR count). The van der Waals surface area contributed by atoms with Crippen LogP contribution in [0, 0.1) is 30.9 Å². The van der Waals surface area contributed by atoms with E-state index >= 15 is 0 Å². The highest BCUT2D eigenvalue weighted by atomic mass is 16.6. The quantitative estimate of drug-likeness (QED) is 0.646. The summed E-state index contributed by atoms with van der Waals surface area (Å²) >= 11 is 0. The second kappa shape index (κ2) is 6.59. The predicted octanol–water partition coefficient (Wildman–Crippen LogP) is 1.96. The first kappa shape index (κ1) is 16.7. The fourth-order valence-electron chi connectivity index (χ4n) is 2.48. The minimum absolute atomic E-state index is 0.00507. The Morgan fingerprint density at radius 1 is 1.30 bits per heavy atom. The van der Waals surface area contributed by atoms with Crippen LogP contribution >= 0.6 is 0 Å². The molecule has 0 aromatic carbocycles. The zero-order chi connectivity index (χ0) is 17.1. The average molecular weight is 320 g/mol. The smallest absolute Gasteiger partial charge is 0.312 e. The molecule has 0 aliphatic rings. The molecule has 0 fully saturated rings. The normalized spacial score (nSPS) is 10.8. The fraction of sp³-hybridized carbons (Fsp3) is 0.500. The number of nitrogens with one attached hydrogen (secondary N) is 1. The van der Waals surface area contributed by atoms with Gasteiger partial charge in [-0.15, -0.1) is 0 Å². The number of amides is 1. The first-order valence-corrected chi connectivity index (χ1v) is 7.35. The van der Waals surface area contributed by atoms with Gasteiger partial charge in [-0.1, -0.05) is 0 Å². The number of hydrogen-bond acceptors (Lipinski definition) is 5. The van der Waals surface area contributed by atoms with E-state index in [9.17, 15) is 14.9 Å². The van der Waals surface area contributed by atoms with Crippen LogP contribution < -0.4 is 5.32 Å². The third-order valence-corrected chi connectivity index (χ3v) is 3.75. The number of rotatable bonds is 6. The molecule has 0 atom stereocenters. The number of carbonyl (C=O) groups is 1. The lowest BCUT2D eigenvalue weighted by Gasteiger charge is -2.06. The molecule has 0 aliphatic carbocycles. The Kier molecular flexibility index (Phi) is 4.77. The molecule has 2 aromatic rings. The molecule has 0 saturated heterocycles. The Balaban J connectivity index is 2.01. The van der Waals surface area contributed by atoms with Gasteiger partial charge in [0.1, 0.15) is 11.4 Å². The highest BCUT2D eigenvalue weighted by Crippen LogP contribution is 2.22. The largest absolute Gasteiger partial charge is 0.323 e. The maximum atomic E-state index is 12.0. The van der Waals surface area contributed by atoms with E-state index in [2.05, 4.69) is 15.5 Å². The topological polar surface area (TPSA) is 108 Å². The maximum absolute atomic E-state index is 12.0. The van der Waals surface area contributed by atoms with Crippen molar-refractivity contribution in [1.29, 1.82) is 0 Å². The molecule has 0 aliphatic heterocycles. The second-order valence-corrected chi connectivity index (χ2v) is 5.26. The van der Waals surface area contributed by atoms with E-state index in [-0.39, 0.29) is 24.6 Å². The number of carbonyl (C=O) groups excluding carboxylic acids is 1. The molecular formula is C14H20N6O3. The van der Waals surface area contributed by atoms with Gasteiger partial charge < -0.3 is 5.32 Å². The van der Waals surface area contributed by atoms with E-state index in [4.69, 9.17) is 0 Å². The van der Waals surface area contributed by atoms with Gasteiger partial charge in [0, 0.05) is 13.0 Å². The van der Waals surface area contributed by atoms with Gasteiger partial charge in [0.05, 0.1) is 29.0 Å². The average Bonchev–Trinajstić information content (AvgIpc) is 2.97. The van der Waals surface area contributed by atoms with Crippen LogP contribution in [0.4, 0.5) is 11.4 Å². The summed E-state index contributed by atoms with van der Waals surface area (Å²) in [4.78, 5) is 22.6. The number of aryl methyl sites for hydroxylation is 3. The Hall–Kier alpha value is -2.71. The van der Waals surface area contributed by atoms with Gasteiger partial charge in [-0.25, -0.2) is 0 Å². The van der Waals surface area contributed by atoms with E-state index in [1.807, 2.05) is 13.8 Å². The molecule has 0 unspecified atom stereocenters. The van der Waals surface area contributed by atoms with Gasteiger partial charge in [-0.05, 0) is 27.7 Å². The van der Waals surface area contributed by atoms with Crippen LogP contribution in [0.5, 0.6) is 0 Å². The monoisotopic (exact) mass is 320 g/mol.